The van der Waals surface area contributed by atoms with E-state index in [1.165, 1.54) is 0 Å². The summed E-state index contributed by atoms with van der Waals surface area (Å²) in [5.41, 5.74) is 4.37. The van der Waals surface area contributed by atoms with E-state index in [0.29, 0.717) is 5.95 Å². The van der Waals surface area contributed by atoms with Crippen LogP contribution in [-0.4, -0.2) is 22.3 Å². The molecule has 0 aliphatic rings. The lowest BCUT2D eigenvalue weighted by molar-refractivity contribution is 0.415. The molecule has 4 rings (SSSR count). The molecule has 1 heterocycles. The monoisotopic (exact) mass is 354 g/mol. The average molecular weight is 354 g/mol. The third kappa shape index (κ3) is 3.77. The van der Waals surface area contributed by atoms with Crippen LogP contribution in [0.25, 0.3) is 22.5 Å². The Morgan fingerprint density at radius 1 is 0.667 bits per heavy atom. The van der Waals surface area contributed by atoms with Gasteiger partial charge < -0.3 is 10.1 Å². The molecule has 0 spiro atoms. The minimum atomic E-state index is 0.443. The predicted octanol–water partition coefficient (Wildman–Crippen LogP) is 4.96. The summed E-state index contributed by atoms with van der Waals surface area (Å²) in [6.07, 6.45) is 0. The number of hydrogen-bond acceptors (Lipinski definition) is 5. The molecule has 27 heavy (non-hydrogen) atoms. The van der Waals surface area contributed by atoms with Gasteiger partial charge in [-0.2, -0.15) is 0 Å². The molecule has 0 aliphatic carbocycles. The minimum Gasteiger partial charge on any atom is -0.497 e. The highest BCUT2D eigenvalue weighted by Crippen LogP contribution is 2.29. The summed E-state index contributed by atoms with van der Waals surface area (Å²) in [4.78, 5) is 4.74. The van der Waals surface area contributed by atoms with E-state index in [4.69, 9.17) is 9.72 Å². The Bertz CT molecular complexity index is 1020. The van der Waals surface area contributed by atoms with E-state index in [0.717, 1.165) is 34.0 Å². The summed E-state index contributed by atoms with van der Waals surface area (Å²) in [6.45, 7) is 0. The number of anilines is 2. The molecule has 0 aliphatic heterocycles. The van der Waals surface area contributed by atoms with Crippen molar-refractivity contribution in [1.82, 2.24) is 15.2 Å². The van der Waals surface area contributed by atoms with E-state index in [9.17, 15) is 0 Å². The third-order valence-electron chi connectivity index (χ3n) is 4.13. The fourth-order valence-corrected chi connectivity index (χ4v) is 2.77. The van der Waals surface area contributed by atoms with E-state index >= 15 is 0 Å². The van der Waals surface area contributed by atoms with Gasteiger partial charge in [0, 0.05) is 16.8 Å². The molecule has 0 unspecified atom stereocenters. The van der Waals surface area contributed by atoms with E-state index in [1.54, 1.807) is 7.11 Å². The third-order valence-corrected chi connectivity index (χ3v) is 4.13. The molecule has 3 aromatic carbocycles. The smallest absolute Gasteiger partial charge is 0.247 e. The molecule has 0 atom stereocenters. The van der Waals surface area contributed by atoms with Crippen LogP contribution in [0.3, 0.4) is 0 Å². The van der Waals surface area contributed by atoms with Gasteiger partial charge in [-0.1, -0.05) is 60.7 Å². The Balaban J connectivity index is 1.74. The molecule has 4 aromatic rings. The van der Waals surface area contributed by atoms with Crippen LogP contribution in [0.2, 0.25) is 0 Å². The standard InChI is InChI=1S/C22H18N4O/c1-27-19-14-12-18(13-15-19)23-22-24-20(16-8-4-2-5-9-16)21(25-26-22)17-10-6-3-7-11-17/h2-15H,1H3,(H,23,24,26). The number of aromatic nitrogens is 3. The van der Waals surface area contributed by atoms with Crippen molar-refractivity contribution in [2.24, 2.45) is 0 Å². The van der Waals surface area contributed by atoms with E-state index in [2.05, 4.69) is 15.5 Å². The SMILES string of the molecule is COc1ccc(Nc2nnc(-c3ccccc3)c(-c3ccccc3)n2)cc1. The van der Waals surface area contributed by atoms with Crippen LogP contribution in [0, 0.1) is 0 Å². The predicted molar refractivity (Wildman–Crippen MR) is 107 cm³/mol. The summed E-state index contributed by atoms with van der Waals surface area (Å²) in [6, 6.07) is 27.5. The summed E-state index contributed by atoms with van der Waals surface area (Å²) in [7, 11) is 1.64. The summed E-state index contributed by atoms with van der Waals surface area (Å²) in [5, 5.41) is 11.9. The number of nitrogens with one attached hydrogen (secondary N) is 1. The zero-order chi connectivity index (χ0) is 18.5. The van der Waals surface area contributed by atoms with Gasteiger partial charge in [-0.3, -0.25) is 0 Å². The Kier molecular flexibility index (Phi) is 4.74. The van der Waals surface area contributed by atoms with E-state index in [-0.39, 0.29) is 0 Å². The first-order valence-corrected chi connectivity index (χ1v) is 8.60. The molecule has 132 valence electrons. The molecule has 0 saturated heterocycles. The van der Waals surface area contributed by atoms with Crippen molar-refractivity contribution in [3.8, 4) is 28.3 Å². The molecular weight excluding hydrogens is 336 g/mol. The minimum absolute atomic E-state index is 0.443. The normalized spacial score (nSPS) is 10.4. The van der Waals surface area contributed by atoms with Crippen LogP contribution in [0.1, 0.15) is 0 Å². The van der Waals surface area contributed by atoms with Gasteiger partial charge in [0.25, 0.3) is 0 Å². The quantitative estimate of drug-likeness (QED) is 0.549. The van der Waals surface area contributed by atoms with Crippen LogP contribution in [-0.2, 0) is 0 Å². The molecule has 1 aromatic heterocycles. The first-order valence-electron chi connectivity index (χ1n) is 8.60. The van der Waals surface area contributed by atoms with Gasteiger partial charge in [-0.15, -0.1) is 10.2 Å². The second kappa shape index (κ2) is 7.66. The first kappa shape index (κ1) is 16.7. The van der Waals surface area contributed by atoms with Gasteiger partial charge in [0.1, 0.15) is 17.1 Å². The molecule has 0 amide bonds. The van der Waals surface area contributed by atoms with Gasteiger partial charge in [0.15, 0.2) is 0 Å². The maximum atomic E-state index is 5.19. The number of hydrogen-bond donors (Lipinski definition) is 1. The van der Waals surface area contributed by atoms with Gasteiger partial charge in [0.05, 0.1) is 7.11 Å². The molecule has 0 saturated carbocycles. The van der Waals surface area contributed by atoms with Crippen molar-refractivity contribution in [2.75, 3.05) is 12.4 Å². The summed E-state index contributed by atoms with van der Waals surface area (Å²) >= 11 is 0. The molecule has 0 fully saturated rings. The fourth-order valence-electron chi connectivity index (χ4n) is 2.77. The molecule has 1 N–H and O–H groups in total. The van der Waals surface area contributed by atoms with E-state index < -0.39 is 0 Å². The van der Waals surface area contributed by atoms with Crippen molar-refractivity contribution < 1.29 is 4.74 Å². The highest BCUT2D eigenvalue weighted by atomic mass is 16.5. The van der Waals surface area contributed by atoms with Crippen molar-refractivity contribution in [3.05, 3.63) is 84.9 Å². The molecule has 0 radical (unpaired) electrons. The average Bonchev–Trinajstić information content (AvgIpc) is 2.75. The zero-order valence-electron chi connectivity index (χ0n) is 14.8. The lowest BCUT2D eigenvalue weighted by Crippen LogP contribution is -2.03. The lowest BCUT2D eigenvalue weighted by atomic mass is 10.0. The fraction of sp³-hybridized carbons (Fsp3) is 0.0455. The number of nitrogens with zero attached hydrogens (tertiary/aromatic N) is 3. The van der Waals surface area contributed by atoms with Crippen LogP contribution in [0.4, 0.5) is 11.6 Å². The summed E-state index contributed by atoms with van der Waals surface area (Å²) < 4.78 is 5.19. The maximum absolute atomic E-state index is 5.19. The lowest BCUT2D eigenvalue weighted by Gasteiger charge is -2.11. The van der Waals surface area contributed by atoms with Gasteiger partial charge in [-0.05, 0) is 24.3 Å². The number of ether oxygens (including phenoxy) is 1. The second-order valence-electron chi connectivity index (χ2n) is 5.92. The van der Waals surface area contributed by atoms with Crippen LogP contribution < -0.4 is 10.1 Å². The van der Waals surface area contributed by atoms with Gasteiger partial charge in [0.2, 0.25) is 5.95 Å². The Morgan fingerprint density at radius 3 is 1.85 bits per heavy atom. The van der Waals surface area contributed by atoms with Crippen molar-refractivity contribution in [1.29, 1.82) is 0 Å². The van der Waals surface area contributed by atoms with Crippen molar-refractivity contribution in [3.63, 3.8) is 0 Å². The number of methoxy groups -OCH3 is 1. The van der Waals surface area contributed by atoms with Gasteiger partial charge in [-0.25, -0.2) is 4.98 Å². The first-order chi connectivity index (χ1) is 13.3. The Hall–Kier alpha value is -3.73. The van der Waals surface area contributed by atoms with Crippen LogP contribution in [0.5, 0.6) is 5.75 Å². The molecule has 0 bridgehead atoms. The topological polar surface area (TPSA) is 59.9 Å². The highest BCUT2D eigenvalue weighted by molar-refractivity contribution is 5.78. The number of benzene rings is 3. The van der Waals surface area contributed by atoms with Crippen LogP contribution in [0.15, 0.2) is 84.9 Å². The molecular formula is C22H18N4O. The van der Waals surface area contributed by atoms with E-state index in [1.807, 2.05) is 84.9 Å². The van der Waals surface area contributed by atoms with Crippen LogP contribution >= 0.6 is 0 Å². The highest BCUT2D eigenvalue weighted by Gasteiger charge is 2.13. The Labute approximate surface area is 157 Å². The molecule has 5 nitrogen and oxygen atoms in total. The largest absolute Gasteiger partial charge is 0.497 e. The maximum Gasteiger partial charge on any atom is 0.247 e. The summed E-state index contributed by atoms with van der Waals surface area (Å²) in [5.74, 6) is 1.24. The molecule has 5 heteroatoms. The second-order valence-corrected chi connectivity index (χ2v) is 5.92. The van der Waals surface area contributed by atoms with Gasteiger partial charge >= 0.3 is 0 Å². The number of rotatable bonds is 5. The van der Waals surface area contributed by atoms with Crippen molar-refractivity contribution >= 4 is 11.6 Å². The van der Waals surface area contributed by atoms with Crippen molar-refractivity contribution in [2.45, 2.75) is 0 Å². The zero-order valence-corrected chi connectivity index (χ0v) is 14.8. The Morgan fingerprint density at radius 2 is 1.26 bits per heavy atom.